The van der Waals surface area contributed by atoms with Crippen molar-refractivity contribution in [2.24, 2.45) is 0 Å². The summed E-state index contributed by atoms with van der Waals surface area (Å²) in [4.78, 5) is 5.76. The van der Waals surface area contributed by atoms with Crippen LogP contribution in [0, 0.1) is 6.92 Å². The molecule has 1 N–H and O–H groups in total. The highest BCUT2D eigenvalue weighted by molar-refractivity contribution is 7.10. The van der Waals surface area contributed by atoms with E-state index >= 15 is 0 Å². The highest BCUT2D eigenvalue weighted by atomic mass is 35.5. The van der Waals surface area contributed by atoms with E-state index in [1.165, 1.54) is 9.88 Å². The number of thiophene rings is 1. The van der Waals surface area contributed by atoms with Crippen LogP contribution in [0.15, 0.2) is 16.8 Å². The van der Waals surface area contributed by atoms with E-state index in [1.54, 1.807) is 22.7 Å². The Morgan fingerprint density at radius 2 is 2.28 bits per heavy atom. The molecule has 0 radical (unpaired) electrons. The van der Waals surface area contributed by atoms with Gasteiger partial charge in [0.1, 0.15) is 0 Å². The van der Waals surface area contributed by atoms with Crippen molar-refractivity contribution in [1.29, 1.82) is 0 Å². The van der Waals surface area contributed by atoms with E-state index in [0.717, 1.165) is 30.1 Å². The number of aryl methyl sites for hydroxylation is 1. The molecule has 2 aromatic rings. The second-order valence-electron chi connectivity index (χ2n) is 4.23. The molecule has 0 amide bonds. The summed E-state index contributed by atoms with van der Waals surface area (Å²) in [5.41, 5.74) is 1.10. The van der Waals surface area contributed by atoms with Crippen molar-refractivity contribution >= 4 is 34.3 Å². The molecule has 0 aliphatic rings. The summed E-state index contributed by atoms with van der Waals surface area (Å²) < 4.78 is 0. The molecule has 2 nitrogen and oxygen atoms in total. The third-order valence-electron chi connectivity index (χ3n) is 2.65. The lowest BCUT2D eigenvalue weighted by Crippen LogP contribution is -2.23. The van der Waals surface area contributed by atoms with Gasteiger partial charge in [0.05, 0.1) is 10.0 Å². The Labute approximate surface area is 121 Å². The lowest BCUT2D eigenvalue weighted by Gasteiger charge is -2.16. The van der Waals surface area contributed by atoms with Crippen molar-refractivity contribution in [3.8, 4) is 0 Å². The van der Waals surface area contributed by atoms with Crippen LogP contribution in [0.2, 0.25) is 5.02 Å². The molecule has 2 rings (SSSR count). The molecule has 2 aromatic heterocycles. The number of rotatable bonds is 6. The Kier molecular flexibility index (Phi) is 5.18. The number of nitrogens with one attached hydrogen (secondary N) is 1. The summed E-state index contributed by atoms with van der Waals surface area (Å²) in [5, 5.41) is 9.74. The molecule has 98 valence electrons. The second-order valence-corrected chi connectivity index (χ2v) is 6.52. The van der Waals surface area contributed by atoms with Crippen LogP contribution in [0.25, 0.3) is 0 Å². The monoisotopic (exact) mass is 300 g/mol. The van der Waals surface area contributed by atoms with Crippen LogP contribution in [0.1, 0.15) is 35.0 Å². The summed E-state index contributed by atoms with van der Waals surface area (Å²) in [7, 11) is 0. The zero-order valence-electron chi connectivity index (χ0n) is 10.6. The van der Waals surface area contributed by atoms with Gasteiger partial charge in [-0.25, -0.2) is 4.98 Å². The lowest BCUT2D eigenvalue weighted by molar-refractivity contribution is 0.535. The van der Waals surface area contributed by atoms with Gasteiger partial charge in [-0.1, -0.05) is 18.5 Å². The normalized spacial score (nSPS) is 12.8. The first-order valence-corrected chi connectivity index (χ1v) is 8.21. The van der Waals surface area contributed by atoms with Crippen molar-refractivity contribution in [3.05, 3.63) is 37.4 Å². The van der Waals surface area contributed by atoms with Gasteiger partial charge in [-0.15, -0.1) is 22.7 Å². The highest BCUT2D eigenvalue weighted by Crippen LogP contribution is 2.31. The minimum atomic E-state index is 0.281. The van der Waals surface area contributed by atoms with Crippen LogP contribution < -0.4 is 5.32 Å². The smallest absolute Gasteiger partial charge is 0.0947 e. The summed E-state index contributed by atoms with van der Waals surface area (Å²) in [6.07, 6.45) is 2.04. The second kappa shape index (κ2) is 6.66. The molecule has 2 heterocycles. The molecule has 1 atom stereocenters. The average molecular weight is 301 g/mol. The third-order valence-corrected chi connectivity index (χ3v) is 5.11. The summed E-state index contributed by atoms with van der Waals surface area (Å²) in [6, 6.07) is 2.25. The van der Waals surface area contributed by atoms with E-state index in [-0.39, 0.29) is 6.04 Å². The van der Waals surface area contributed by atoms with Crippen LogP contribution in [-0.2, 0) is 6.42 Å². The molecule has 0 spiro atoms. The molecule has 18 heavy (non-hydrogen) atoms. The predicted molar refractivity (Wildman–Crippen MR) is 80.9 cm³/mol. The Balaban J connectivity index is 2.12. The standard InChI is InChI=1S/C13H17ClN2S2/c1-3-5-15-11(13-10(14)4-6-17-13)7-12-16-9(2)8-18-12/h4,6,8,11,15H,3,5,7H2,1-2H3. The van der Waals surface area contributed by atoms with Gasteiger partial charge in [-0.3, -0.25) is 0 Å². The number of hydrogen-bond acceptors (Lipinski definition) is 4. The lowest BCUT2D eigenvalue weighted by atomic mass is 10.1. The van der Waals surface area contributed by atoms with Crippen LogP contribution in [0.4, 0.5) is 0 Å². The molecular weight excluding hydrogens is 284 g/mol. The third kappa shape index (κ3) is 3.54. The number of aromatic nitrogens is 1. The highest BCUT2D eigenvalue weighted by Gasteiger charge is 2.17. The van der Waals surface area contributed by atoms with E-state index < -0.39 is 0 Å². The molecule has 0 saturated heterocycles. The van der Waals surface area contributed by atoms with Crippen molar-refractivity contribution in [2.45, 2.75) is 32.7 Å². The largest absolute Gasteiger partial charge is 0.309 e. The van der Waals surface area contributed by atoms with Crippen molar-refractivity contribution in [2.75, 3.05) is 6.54 Å². The van der Waals surface area contributed by atoms with Gasteiger partial charge < -0.3 is 5.32 Å². The van der Waals surface area contributed by atoms with Gasteiger partial charge in [-0.2, -0.15) is 0 Å². The zero-order valence-corrected chi connectivity index (χ0v) is 13.0. The van der Waals surface area contributed by atoms with E-state index in [9.17, 15) is 0 Å². The van der Waals surface area contributed by atoms with Crippen LogP contribution in [0.3, 0.4) is 0 Å². The molecular formula is C13H17ClN2S2. The fourth-order valence-corrected chi connectivity index (χ4v) is 3.89. The SMILES string of the molecule is CCCNC(Cc1nc(C)cs1)c1sccc1Cl. The van der Waals surface area contributed by atoms with E-state index in [4.69, 9.17) is 11.6 Å². The first-order valence-electron chi connectivity index (χ1n) is 6.08. The maximum Gasteiger partial charge on any atom is 0.0947 e. The van der Waals surface area contributed by atoms with Gasteiger partial charge in [0.25, 0.3) is 0 Å². The van der Waals surface area contributed by atoms with Crippen molar-refractivity contribution in [1.82, 2.24) is 10.3 Å². The topological polar surface area (TPSA) is 24.9 Å². The number of thiazole rings is 1. The minimum Gasteiger partial charge on any atom is -0.309 e. The Morgan fingerprint density at radius 3 is 2.83 bits per heavy atom. The summed E-state index contributed by atoms with van der Waals surface area (Å²) >= 11 is 9.68. The number of halogens is 1. The average Bonchev–Trinajstić information content (AvgIpc) is 2.93. The molecule has 0 aliphatic heterocycles. The Bertz CT molecular complexity index is 493. The summed E-state index contributed by atoms with van der Waals surface area (Å²) in [6.45, 7) is 5.21. The van der Waals surface area contributed by atoms with Gasteiger partial charge in [0, 0.05) is 28.4 Å². The van der Waals surface area contributed by atoms with Gasteiger partial charge >= 0.3 is 0 Å². The zero-order chi connectivity index (χ0) is 13.0. The first kappa shape index (κ1) is 14.0. The molecule has 0 bridgehead atoms. The number of nitrogens with zero attached hydrogens (tertiary/aromatic N) is 1. The maximum atomic E-state index is 6.24. The fourth-order valence-electron chi connectivity index (χ4n) is 1.80. The van der Waals surface area contributed by atoms with Crippen molar-refractivity contribution in [3.63, 3.8) is 0 Å². The van der Waals surface area contributed by atoms with Crippen LogP contribution in [0.5, 0.6) is 0 Å². The number of hydrogen-bond donors (Lipinski definition) is 1. The van der Waals surface area contributed by atoms with E-state index in [2.05, 4.69) is 22.6 Å². The van der Waals surface area contributed by atoms with Crippen LogP contribution >= 0.6 is 34.3 Å². The Hall–Kier alpha value is -0.420. The van der Waals surface area contributed by atoms with Gasteiger partial charge in [0.2, 0.25) is 0 Å². The molecule has 0 fully saturated rings. The molecule has 5 heteroatoms. The predicted octanol–water partition coefficient (Wildman–Crippen LogP) is 4.45. The molecule has 0 aromatic carbocycles. The fraction of sp³-hybridized carbons (Fsp3) is 0.462. The minimum absolute atomic E-state index is 0.281. The van der Waals surface area contributed by atoms with E-state index in [1.807, 2.05) is 18.4 Å². The van der Waals surface area contributed by atoms with E-state index in [0.29, 0.717) is 0 Å². The van der Waals surface area contributed by atoms with Gasteiger partial charge in [-0.05, 0) is 31.3 Å². The molecule has 0 saturated carbocycles. The maximum absolute atomic E-state index is 6.24. The Morgan fingerprint density at radius 1 is 1.44 bits per heavy atom. The molecule has 1 unspecified atom stereocenters. The van der Waals surface area contributed by atoms with Gasteiger partial charge in [0.15, 0.2) is 0 Å². The summed E-state index contributed by atoms with van der Waals surface area (Å²) in [5.74, 6) is 0. The van der Waals surface area contributed by atoms with Crippen LogP contribution in [-0.4, -0.2) is 11.5 Å². The first-order chi connectivity index (χ1) is 8.70. The van der Waals surface area contributed by atoms with Crippen molar-refractivity contribution < 1.29 is 0 Å². The molecule has 0 aliphatic carbocycles. The quantitative estimate of drug-likeness (QED) is 0.852.